The Hall–Kier alpha value is -3.47. The molecule has 2 aromatic heterocycles. The summed E-state index contributed by atoms with van der Waals surface area (Å²) in [6.45, 7) is 0. The topological polar surface area (TPSA) is 64.2 Å². The first-order chi connectivity index (χ1) is 12.6. The number of benzene rings is 2. The molecule has 130 valence electrons. The average Bonchev–Trinajstić information content (AvgIpc) is 3.10. The summed E-state index contributed by atoms with van der Waals surface area (Å²) in [4.78, 5) is 9.59. The largest absolute Gasteiger partial charge is 0.508 e. The molecule has 4 rings (SSSR count). The number of hydrogen-bond donors (Lipinski definition) is 3. The fourth-order valence-electron chi connectivity index (χ4n) is 3.18. The van der Waals surface area contributed by atoms with Crippen LogP contribution in [-0.2, 0) is 0 Å². The van der Waals surface area contributed by atoms with Gasteiger partial charge in [-0.25, -0.2) is 4.98 Å². The Bertz CT molecular complexity index is 1070. The molecule has 5 nitrogen and oxygen atoms in total. The van der Waals surface area contributed by atoms with Gasteiger partial charge in [-0.2, -0.15) is 0 Å². The van der Waals surface area contributed by atoms with E-state index in [1.165, 1.54) is 0 Å². The highest BCUT2D eigenvalue weighted by Gasteiger charge is 2.10. The van der Waals surface area contributed by atoms with Gasteiger partial charge in [0.05, 0.1) is 5.69 Å². The van der Waals surface area contributed by atoms with Crippen LogP contribution in [0.4, 0.5) is 17.2 Å². The van der Waals surface area contributed by atoms with E-state index >= 15 is 0 Å². The Kier molecular flexibility index (Phi) is 3.97. The lowest BCUT2D eigenvalue weighted by Crippen LogP contribution is -2.12. The molecule has 0 bridgehead atoms. The fraction of sp³-hybridized carbons (Fsp3) is 0.0952. The molecule has 5 heteroatoms. The summed E-state index contributed by atoms with van der Waals surface area (Å²) in [5.41, 5.74) is 4.79. The molecule has 4 aromatic rings. The first kappa shape index (κ1) is 16.0. The number of nitrogens with zero attached hydrogens (tertiary/aromatic N) is 2. The van der Waals surface area contributed by atoms with Gasteiger partial charge in [0, 0.05) is 49.1 Å². The van der Waals surface area contributed by atoms with Crippen LogP contribution < -0.4 is 10.2 Å². The van der Waals surface area contributed by atoms with E-state index in [1.54, 1.807) is 18.3 Å². The quantitative estimate of drug-likeness (QED) is 0.500. The SMILES string of the molecule is CN(C)c1ncccc1Nc1cc(O)cc(-c2cccc3[nH]ccc23)c1. The summed E-state index contributed by atoms with van der Waals surface area (Å²) in [6, 6.07) is 17.6. The standard InChI is InChI=1S/C21H20N4O/c1-25(2)21-20(7-4-9-23-21)24-15-11-14(12-16(26)13-15)17-5-3-6-19-18(17)8-10-22-19/h3-13,22,24,26H,1-2H3. The molecule has 0 fully saturated rings. The lowest BCUT2D eigenvalue weighted by Gasteiger charge is -2.17. The summed E-state index contributed by atoms with van der Waals surface area (Å²) in [5, 5.41) is 14.8. The Morgan fingerprint density at radius 1 is 1.04 bits per heavy atom. The van der Waals surface area contributed by atoms with Gasteiger partial charge in [-0.15, -0.1) is 0 Å². The Labute approximate surface area is 151 Å². The molecule has 2 aromatic carbocycles. The molecule has 3 N–H and O–H groups in total. The molecular weight excluding hydrogens is 324 g/mol. The molecular formula is C21H20N4O. The second-order valence-electron chi connectivity index (χ2n) is 6.41. The van der Waals surface area contributed by atoms with Crippen molar-refractivity contribution in [2.45, 2.75) is 0 Å². The smallest absolute Gasteiger partial charge is 0.151 e. The van der Waals surface area contributed by atoms with Gasteiger partial charge < -0.3 is 20.3 Å². The number of phenolic OH excluding ortho intramolecular Hbond substituents is 1. The van der Waals surface area contributed by atoms with E-state index in [9.17, 15) is 5.11 Å². The van der Waals surface area contributed by atoms with E-state index in [1.807, 2.05) is 61.6 Å². The highest BCUT2D eigenvalue weighted by Crippen LogP contribution is 2.34. The van der Waals surface area contributed by atoms with Gasteiger partial charge in [-0.1, -0.05) is 12.1 Å². The minimum atomic E-state index is 0.216. The van der Waals surface area contributed by atoms with Gasteiger partial charge in [-0.3, -0.25) is 0 Å². The number of aromatic amines is 1. The third kappa shape index (κ3) is 2.95. The minimum absolute atomic E-state index is 0.216. The van der Waals surface area contributed by atoms with Crippen LogP contribution in [0.1, 0.15) is 0 Å². The monoisotopic (exact) mass is 344 g/mol. The second kappa shape index (κ2) is 6.44. The van der Waals surface area contributed by atoms with Crippen LogP contribution in [0.3, 0.4) is 0 Å². The van der Waals surface area contributed by atoms with E-state index in [-0.39, 0.29) is 5.75 Å². The fourth-order valence-corrected chi connectivity index (χ4v) is 3.18. The number of nitrogens with one attached hydrogen (secondary N) is 2. The summed E-state index contributed by atoms with van der Waals surface area (Å²) in [5.74, 6) is 1.05. The van der Waals surface area contributed by atoms with Crippen LogP contribution in [0.2, 0.25) is 0 Å². The Morgan fingerprint density at radius 3 is 2.77 bits per heavy atom. The molecule has 2 heterocycles. The predicted molar refractivity (Wildman–Crippen MR) is 107 cm³/mol. The summed E-state index contributed by atoms with van der Waals surface area (Å²) < 4.78 is 0. The van der Waals surface area contributed by atoms with E-state index in [0.717, 1.165) is 39.2 Å². The maximum Gasteiger partial charge on any atom is 0.151 e. The molecule has 0 aliphatic rings. The van der Waals surface area contributed by atoms with Crippen molar-refractivity contribution >= 4 is 28.1 Å². The van der Waals surface area contributed by atoms with Crippen molar-refractivity contribution in [3.63, 3.8) is 0 Å². The zero-order valence-corrected chi connectivity index (χ0v) is 14.7. The molecule has 0 spiro atoms. The van der Waals surface area contributed by atoms with Crippen molar-refractivity contribution in [3.8, 4) is 16.9 Å². The first-order valence-corrected chi connectivity index (χ1v) is 8.42. The first-order valence-electron chi connectivity index (χ1n) is 8.42. The molecule has 26 heavy (non-hydrogen) atoms. The van der Waals surface area contributed by atoms with Gasteiger partial charge >= 0.3 is 0 Å². The van der Waals surface area contributed by atoms with Crippen molar-refractivity contribution in [2.75, 3.05) is 24.3 Å². The number of anilines is 3. The molecule has 0 unspecified atom stereocenters. The number of phenols is 1. The van der Waals surface area contributed by atoms with Crippen molar-refractivity contribution in [3.05, 3.63) is 67.0 Å². The second-order valence-corrected chi connectivity index (χ2v) is 6.41. The van der Waals surface area contributed by atoms with Crippen LogP contribution in [0.25, 0.3) is 22.0 Å². The maximum atomic E-state index is 10.3. The summed E-state index contributed by atoms with van der Waals surface area (Å²) in [6.07, 6.45) is 3.69. The number of aromatic hydroxyl groups is 1. The number of fused-ring (bicyclic) bond motifs is 1. The molecule has 0 saturated carbocycles. The molecule has 0 saturated heterocycles. The molecule has 0 aliphatic carbocycles. The third-order valence-corrected chi connectivity index (χ3v) is 4.31. The highest BCUT2D eigenvalue weighted by atomic mass is 16.3. The minimum Gasteiger partial charge on any atom is -0.508 e. The van der Waals surface area contributed by atoms with E-state index in [2.05, 4.69) is 21.4 Å². The van der Waals surface area contributed by atoms with Crippen LogP contribution >= 0.6 is 0 Å². The van der Waals surface area contributed by atoms with E-state index in [4.69, 9.17) is 0 Å². The van der Waals surface area contributed by atoms with Gasteiger partial charge in [0.2, 0.25) is 0 Å². The lowest BCUT2D eigenvalue weighted by atomic mass is 10.0. The zero-order chi connectivity index (χ0) is 18.1. The Balaban J connectivity index is 1.77. The number of pyridine rings is 1. The van der Waals surface area contributed by atoms with Gasteiger partial charge in [0.15, 0.2) is 5.82 Å². The number of aromatic nitrogens is 2. The number of hydrogen-bond acceptors (Lipinski definition) is 4. The van der Waals surface area contributed by atoms with Crippen molar-refractivity contribution in [1.82, 2.24) is 9.97 Å². The normalized spacial score (nSPS) is 10.8. The summed E-state index contributed by atoms with van der Waals surface area (Å²) >= 11 is 0. The molecule has 0 radical (unpaired) electrons. The maximum absolute atomic E-state index is 10.3. The Morgan fingerprint density at radius 2 is 1.92 bits per heavy atom. The highest BCUT2D eigenvalue weighted by molar-refractivity contribution is 5.96. The predicted octanol–water partition coefficient (Wildman–Crippen LogP) is 4.75. The van der Waals surface area contributed by atoms with Crippen molar-refractivity contribution in [2.24, 2.45) is 0 Å². The third-order valence-electron chi connectivity index (χ3n) is 4.31. The van der Waals surface area contributed by atoms with Crippen molar-refractivity contribution in [1.29, 1.82) is 0 Å². The van der Waals surface area contributed by atoms with Gasteiger partial charge in [0.25, 0.3) is 0 Å². The van der Waals surface area contributed by atoms with Gasteiger partial charge in [-0.05, 0) is 47.5 Å². The van der Waals surface area contributed by atoms with Crippen LogP contribution in [0.15, 0.2) is 67.0 Å². The van der Waals surface area contributed by atoms with E-state index < -0.39 is 0 Å². The van der Waals surface area contributed by atoms with Gasteiger partial charge in [0.1, 0.15) is 5.75 Å². The number of H-pyrrole nitrogens is 1. The van der Waals surface area contributed by atoms with Crippen LogP contribution in [0, 0.1) is 0 Å². The molecule has 0 amide bonds. The number of rotatable bonds is 4. The van der Waals surface area contributed by atoms with Crippen molar-refractivity contribution < 1.29 is 5.11 Å². The average molecular weight is 344 g/mol. The van der Waals surface area contributed by atoms with Crippen LogP contribution in [-0.4, -0.2) is 29.2 Å². The molecule has 0 atom stereocenters. The molecule has 0 aliphatic heterocycles. The zero-order valence-electron chi connectivity index (χ0n) is 14.7. The van der Waals surface area contributed by atoms with Crippen LogP contribution in [0.5, 0.6) is 5.75 Å². The van der Waals surface area contributed by atoms with E-state index in [0.29, 0.717) is 0 Å². The summed E-state index contributed by atoms with van der Waals surface area (Å²) in [7, 11) is 3.90. The lowest BCUT2D eigenvalue weighted by molar-refractivity contribution is 0.476.